The van der Waals surface area contributed by atoms with Crippen LogP contribution >= 0.6 is 0 Å². The largest absolute Gasteiger partial charge is 0.317 e. The van der Waals surface area contributed by atoms with Gasteiger partial charge in [-0.15, -0.1) is 0 Å². The summed E-state index contributed by atoms with van der Waals surface area (Å²) in [6, 6.07) is 4.92. The normalized spacial score (nSPS) is 26.6. The average molecular weight is 190 g/mol. The number of hydrogen-bond acceptors (Lipinski definition) is 2. The molecule has 0 bridgehead atoms. The van der Waals surface area contributed by atoms with Crippen molar-refractivity contribution in [1.29, 1.82) is 0 Å². The lowest BCUT2D eigenvalue weighted by Crippen LogP contribution is -2.30. The van der Waals surface area contributed by atoms with Gasteiger partial charge in [-0.25, -0.2) is 0 Å². The molecule has 2 heteroatoms. The van der Waals surface area contributed by atoms with E-state index in [9.17, 15) is 0 Å². The van der Waals surface area contributed by atoms with E-state index in [4.69, 9.17) is 0 Å². The van der Waals surface area contributed by atoms with Crippen LogP contribution in [-0.2, 0) is 6.42 Å². The minimum Gasteiger partial charge on any atom is -0.317 e. The van der Waals surface area contributed by atoms with Crippen molar-refractivity contribution in [3.05, 3.63) is 30.1 Å². The molecule has 1 heterocycles. The summed E-state index contributed by atoms with van der Waals surface area (Å²) in [7, 11) is 2.08. The predicted octanol–water partition coefficient (Wildman–Crippen LogP) is 2.01. The summed E-state index contributed by atoms with van der Waals surface area (Å²) in [4.78, 5) is 4.16. The number of nitrogens with one attached hydrogen (secondary N) is 1. The summed E-state index contributed by atoms with van der Waals surface area (Å²) in [5.74, 6) is 0.809. The van der Waals surface area contributed by atoms with Crippen LogP contribution in [0, 0.1) is 5.92 Å². The monoisotopic (exact) mass is 190 g/mol. The molecule has 2 unspecified atom stereocenters. The Kier molecular flexibility index (Phi) is 3.14. The van der Waals surface area contributed by atoms with Crippen molar-refractivity contribution in [2.75, 3.05) is 7.05 Å². The zero-order valence-electron chi connectivity index (χ0n) is 8.74. The molecule has 14 heavy (non-hydrogen) atoms. The van der Waals surface area contributed by atoms with Gasteiger partial charge in [-0.2, -0.15) is 0 Å². The number of hydrogen-bond donors (Lipinski definition) is 1. The van der Waals surface area contributed by atoms with E-state index in [0.29, 0.717) is 0 Å². The number of aromatic nitrogens is 1. The molecule has 0 saturated heterocycles. The number of rotatable bonds is 3. The van der Waals surface area contributed by atoms with E-state index >= 15 is 0 Å². The van der Waals surface area contributed by atoms with Crippen molar-refractivity contribution in [3.63, 3.8) is 0 Å². The maximum Gasteiger partial charge on any atom is 0.0299 e. The smallest absolute Gasteiger partial charge is 0.0299 e. The van der Waals surface area contributed by atoms with Crippen LogP contribution in [0.5, 0.6) is 0 Å². The van der Waals surface area contributed by atoms with Gasteiger partial charge in [0.1, 0.15) is 0 Å². The number of nitrogens with zero attached hydrogens (tertiary/aromatic N) is 1. The van der Waals surface area contributed by atoms with Crippen LogP contribution in [-0.4, -0.2) is 18.1 Å². The Balaban J connectivity index is 1.97. The van der Waals surface area contributed by atoms with Crippen LogP contribution in [0.25, 0.3) is 0 Å². The minimum absolute atomic E-state index is 0.718. The highest BCUT2D eigenvalue weighted by Crippen LogP contribution is 2.28. The third-order valence-electron chi connectivity index (χ3n) is 3.25. The molecule has 1 N–H and O–H groups in total. The van der Waals surface area contributed by atoms with Gasteiger partial charge < -0.3 is 5.32 Å². The Hall–Kier alpha value is -0.890. The molecule has 1 aromatic rings. The van der Waals surface area contributed by atoms with E-state index in [1.807, 2.05) is 18.5 Å². The van der Waals surface area contributed by atoms with Gasteiger partial charge in [0.25, 0.3) is 0 Å². The second-order valence-electron chi connectivity index (χ2n) is 4.15. The first-order valence-electron chi connectivity index (χ1n) is 5.46. The van der Waals surface area contributed by atoms with Gasteiger partial charge in [0.05, 0.1) is 0 Å². The maximum atomic E-state index is 4.16. The zero-order valence-corrected chi connectivity index (χ0v) is 8.74. The number of pyridine rings is 1. The van der Waals surface area contributed by atoms with Crippen molar-refractivity contribution in [2.45, 2.75) is 31.7 Å². The molecule has 2 nitrogen and oxygen atoms in total. The van der Waals surface area contributed by atoms with Crippen LogP contribution < -0.4 is 5.32 Å². The van der Waals surface area contributed by atoms with Gasteiger partial charge in [-0.1, -0.05) is 12.5 Å². The summed E-state index contributed by atoms with van der Waals surface area (Å²) in [6.45, 7) is 0. The summed E-state index contributed by atoms with van der Waals surface area (Å²) < 4.78 is 0. The fraction of sp³-hybridized carbons (Fsp3) is 0.583. The Bertz CT molecular complexity index is 271. The van der Waals surface area contributed by atoms with Gasteiger partial charge in [-0.05, 0) is 43.9 Å². The van der Waals surface area contributed by atoms with Gasteiger partial charge in [0.2, 0.25) is 0 Å². The van der Waals surface area contributed by atoms with E-state index in [1.54, 1.807) is 0 Å². The molecule has 1 saturated carbocycles. The standard InChI is InChI=1S/C12H18N2/c1-13-12-6-2-5-11(12)8-10-4-3-7-14-9-10/h3-4,7,9,11-13H,2,5-6,8H2,1H3. The molecular weight excluding hydrogens is 172 g/mol. The van der Waals surface area contributed by atoms with E-state index in [1.165, 1.54) is 31.2 Å². The third kappa shape index (κ3) is 2.13. The molecule has 1 aromatic heterocycles. The molecule has 2 rings (SSSR count). The van der Waals surface area contributed by atoms with Gasteiger partial charge >= 0.3 is 0 Å². The molecule has 1 fully saturated rings. The van der Waals surface area contributed by atoms with Crippen LogP contribution in [0.3, 0.4) is 0 Å². The lowest BCUT2D eigenvalue weighted by molar-refractivity contribution is 0.423. The minimum atomic E-state index is 0.718. The molecule has 76 valence electrons. The summed E-state index contributed by atoms with van der Waals surface area (Å²) >= 11 is 0. The van der Waals surface area contributed by atoms with Crippen LogP contribution in [0.2, 0.25) is 0 Å². The highest BCUT2D eigenvalue weighted by atomic mass is 14.9. The lowest BCUT2D eigenvalue weighted by atomic mass is 9.96. The average Bonchev–Trinajstić information content (AvgIpc) is 2.67. The van der Waals surface area contributed by atoms with Crippen LogP contribution in [0.15, 0.2) is 24.5 Å². The predicted molar refractivity (Wildman–Crippen MR) is 58.1 cm³/mol. The second kappa shape index (κ2) is 4.56. The molecule has 0 amide bonds. The zero-order chi connectivity index (χ0) is 9.80. The van der Waals surface area contributed by atoms with E-state index in [0.717, 1.165) is 12.0 Å². The Morgan fingerprint density at radius 2 is 2.43 bits per heavy atom. The third-order valence-corrected chi connectivity index (χ3v) is 3.25. The van der Waals surface area contributed by atoms with Gasteiger partial charge in [-0.3, -0.25) is 4.98 Å². The first kappa shape index (κ1) is 9.66. The molecule has 1 aliphatic rings. The Morgan fingerprint density at radius 3 is 3.14 bits per heavy atom. The van der Waals surface area contributed by atoms with E-state index in [-0.39, 0.29) is 0 Å². The van der Waals surface area contributed by atoms with E-state index in [2.05, 4.69) is 23.4 Å². The lowest BCUT2D eigenvalue weighted by Gasteiger charge is -2.18. The van der Waals surface area contributed by atoms with Crippen molar-refractivity contribution in [1.82, 2.24) is 10.3 Å². The second-order valence-corrected chi connectivity index (χ2v) is 4.15. The van der Waals surface area contributed by atoms with E-state index < -0.39 is 0 Å². The fourth-order valence-corrected chi connectivity index (χ4v) is 2.48. The van der Waals surface area contributed by atoms with Gasteiger partial charge in [0.15, 0.2) is 0 Å². The molecule has 0 spiro atoms. The molecule has 0 aromatic carbocycles. The van der Waals surface area contributed by atoms with Crippen molar-refractivity contribution in [3.8, 4) is 0 Å². The maximum absolute atomic E-state index is 4.16. The molecule has 0 radical (unpaired) electrons. The topological polar surface area (TPSA) is 24.9 Å². The summed E-state index contributed by atoms with van der Waals surface area (Å²) in [5.41, 5.74) is 1.37. The Labute approximate surface area is 85.7 Å². The quantitative estimate of drug-likeness (QED) is 0.788. The molecule has 2 atom stereocenters. The van der Waals surface area contributed by atoms with Crippen molar-refractivity contribution >= 4 is 0 Å². The SMILES string of the molecule is CNC1CCCC1Cc1cccnc1. The summed E-state index contributed by atoms with van der Waals surface area (Å²) in [6.07, 6.45) is 9.08. The fourth-order valence-electron chi connectivity index (χ4n) is 2.48. The molecule has 1 aliphatic carbocycles. The van der Waals surface area contributed by atoms with Crippen molar-refractivity contribution in [2.24, 2.45) is 5.92 Å². The molecular formula is C12H18N2. The molecule has 0 aliphatic heterocycles. The highest BCUT2D eigenvalue weighted by molar-refractivity contribution is 5.10. The highest BCUT2D eigenvalue weighted by Gasteiger charge is 2.25. The Morgan fingerprint density at radius 1 is 1.50 bits per heavy atom. The van der Waals surface area contributed by atoms with Gasteiger partial charge in [0, 0.05) is 18.4 Å². The summed E-state index contributed by atoms with van der Waals surface area (Å²) in [5, 5.41) is 3.41. The first-order valence-corrected chi connectivity index (χ1v) is 5.46. The van der Waals surface area contributed by atoms with Crippen LogP contribution in [0.1, 0.15) is 24.8 Å². The van der Waals surface area contributed by atoms with Crippen molar-refractivity contribution < 1.29 is 0 Å². The first-order chi connectivity index (χ1) is 6.90. The van der Waals surface area contributed by atoms with Crippen LogP contribution in [0.4, 0.5) is 0 Å².